The van der Waals surface area contributed by atoms with Crippen LogP contribution < -0.4 is 11.3 Å². The van der Waals surface area contributed by atoms with Crippen molar-refractivity contribution in [1.29, 1.82) is 0 Å². The highest BCUT2D eigenvalue weighted by atomic mass is 19.2. The first-order chi connectivity index (χ1) is 14.4. The molecular formula is C22H26F2N4O3. The molecule has 166 valence electrons. The summed E-state index contributed by atoms with van der Waals surface area (Å²) in [7, 11) is 0. The molecule has 0 radical (unpaired) electrons. The third kappa shape index (κ3) is 4.60. The number of benzene rings is 1. The van der Waals surface area contributed by atoms with Crippen molar-refractivity contribution < 1.29 is 18.3 Å². The summed E-state index contributed by atoms with van der Waals surface area (Å²) >= 11 is 0. The number of anilines is 1. The number of carbonyl (C=O) groups is 1. The van der Waals surface area contributed by atoms with Crippen LogP contribution in [0.2, 0.25) is 0 Å². The Balaban J connectivity index is 2.28. The molecule has 3 rings (SSSR count). The molecule has 2 aromatic heterocycles. The van der Waals surface area contributed by atoms with Gasteiger partial charge in [0.2, 0.25) is 0 Å². The van der Waals surface area contributed by atoms with E-state index in [0.29, 0.717) is 0 Å². The highest BCUT2D eigenvalue weighted by Crippen LogP contribution is 2.28. The van der Waals surface area contributed by atoms with Gasteiger partial charge in [0.05, 0.1) is 23.3 Å². The summed E-state index contributed by atoms with van der Waals surface area (Å²) < 4.78 is 36.9. The van der Waals surface area contributed by atoms with Gasteiger partial charge in [-0.05, 0) is 45.2 Å². The Morgan fingerprint density at radius 3 is 2.58 bits per heavy atom. The van der Waals surface area contributed by atoms with Gasteiger partial charge in [0.25, 0.3) is 5.56 Å². The van der Waals surface area contributed by atoms with Gasteiger partial charge >= 0.3 is 6.09 Å². The molecule has 0 fully saturated rings. The first-order valence-corrected chi connectivity index (χ1v) is 9.95. The zero-order valence-electron chi connectivity index (χ0n) is 18.2. The zero-order chi connectivity index (χ0) is 23.1. The summed E-state index contributed by atoms with van der Waals surface area (Å²) in [6, 6.07) is 3.97. The number of hydrogen-bond acceptors (Lipinski definition) is 5. The molecule has 9 heteroatoms. The van der Waals surface area contributed by atoms with Gasteiger partial charge in [0.15, 0.2) is 11.6 Å². The number of halogens is 2. The van der Waals surface area contributed by atoms with Gasteiger partial charge in [-0.3, -0.25) is 4.79 Å². The number of imidazole rings is 1. The van der Waals surface area contributed by atoms with Crippen LogP contribution in [0.15, 0.2) is 29.2 Å². The normalized spacial score (nSPS) is 12.0. The minimum Gasteiger partial charge on any atom is -0.443 e. The molecule has 3 aromatic rings. The van der Waals surface area contributed by atoms with Crippen molar-refractivity contribution in [3.05, 3.63) is 57.8 Å². The average molecular weight is 432 g/mol. The second-order valence-corrected chi connectivity index (χ2v) is 8.86. The largest absolute Gasteiger partial charge is 0.443 e. The second-order valence-electron chi connectivity index (χ2n) is 8.86. The molecule has 0 aliphatic heterocycles. The number of carbonyl (C=O) groups excluding carboxylic acids is 1. The van der Waals surface area contributed by atoms with Crippen molar-refractivity contribution in [1.82, 2.24) is 14.1 Å². The van der Waals surface area contributed by atoms with E-state index in [4.69, 9.17) is 10.5 Å². The standard InChI is InChI=1S/C22H26F2N4O3/c1-12(2)9-13-18(24)14(23)10-16-19(13)26-17(28(16)21(30)31-22(3,4)5)11-27-8-6-7-15(25)20(27)29/h6-8,10,12H,9,11,25H2,1-5H3. The van der Waals surface area contributed by atoms with Crippen LogP contribution in [0.5, 0.6) is 0 Å². The summed E-state index contributed by atoms with van der Waals surface area (Å²) in [4.78, 5) is 29.8. The molecule has 31 heavy (non-hydrogen) atoms. The van der Waals surface area contributed by atoms with Crippen molar-refractivity contribution in [2.45, 2.75) is 53.2 Å². The lowest BCUT2D eigenvalue weighted by molar-refractivity contribution is 0.0538. The number of nitrogens with two attached hydrogens (primary N) is 1. The molecule has 0 spiro atoms. The molecule has 0 aliphatic rings. The molecule has 0 unspecified atom stereocenters. The Morgan fingerprint density at radius 2 is 1.97 bits per heavy atom. The predicted octanol–water partition coefficient (Wildman–Crippen LogP) is 4.09. The maximum atomic E-state index is 14.6. The van der Waals surface area contributed by atoms with E-state index >= 15 is 0 Å². The fourth-order valence-electron chi connectivity index (χ4n) is 3.31. The first kappa shape index (κ1) is 22.5. The van der Waals surface area contributed by atoms with Crippen LogP contribution in [0.4, 0.5) is 19.3 Å². The van der Waals surface area contributed by atoms with Gasteiger partial charge in [-0.1, -0.05) is 13.8 Å². The smallest absolute Gasteiger partial charge is 0.420 e. The number of pyridine rings is 1. The zero-order valence-corrected chi connectivity index (χ0v) is 18.2. The van der Waals surface area contributed by atoms with Crippen LogP contribution >= 0.6 is 0 Å². The van der Waals surface area contributed by atoms with Crippen LogP contribution in [-0.4, -0.2) is 25.8 Å². The Labute approximate surface area is 178 Å². The fraction of sp³-hybridized carbons (Fsp3) is 0.409. The molecule has 0 saturated heterocycles. The number of ether oxygens (including phenoxy) is 1. The minimum absolute atomic E-state index is 0.0196. The van der Waals surface area contributed by atoms with E-state index in [1.807, 2.05) is 13.8 Å². The second kappa shape index (κ2) is 8.13. The Kier molecular flexibility index (Phi) is 5.89. The number of nitrogen functional groups attached to an aromatic ring is 1. The molecule has 0 saturated carbocycles. The van der Waals surface area contributed by atoms with Gasteiger partial charge in [-0.25, -0.2) is 23.1 Å². The summed E-state index contributed by atoms with van der Waals surface area (Å²) in [6.07, 6.45) is 0.917. The third-order valence-electron chi connectivity index (χ3n) is 4.56. The number of rotatable bonds is 4. The molecular weight excluding hydrogens is 406 g/mol. The molecule has 7 nitrogen and oxygen atoms in total. The summed E-state index contributed by atoms with van der Waals surface area (Å²) in [6.45, 7) is 8.67. The van der Waals surface area contributed by atoms with Gasteiger partial charge in [-0.15, -0.1) is 0 Å². The van der Waals surface area contributed by atoms with E-state index in [1.54, 1.807) is 26.8 Å². The molecule has 1 aromatic carbocycles. The minimum atomic E-state index is -1.08. The number of aromatic nitrogens is 3. The van der Waals surface area contributed by atoms with E-state index in [0.717, 1.165) is 10.6 Å². The van der Waals surface area contributed by atoms with E-state index in [2.05, 4.69) is 4.98 Å². The molecule has 0 aliphatic carbocycles. The van der Waals surface area contributed by atoms with Crippen LogP contribution in [0.3, 0.4) is 0 Å². The van der Waals surface area contributed by atoms with Crippen molar-refractivity contribution in [3.8, 4) is 0 Å². The van der Waals surface area contributed by atoms with Crippen LogP contribution in [0.1, 0.15) is 46.0 Å². The highest BCUT2D eigenvalue weighted by Gasteiger charge is 2.27. The van der Waals surface area contributed by atoms with E-state index < -0.39 is 28.9 Å². The topological polar surface area (TPSA) is 92.1 Å². The lowest BCUT2D eigenvalue weighted by Crippen LogP contribution is -2.30. The molecule has 2 heterocycles. The summed E-state index contributed by atoms with van der Waals surface area (Å²) in [5.41, 5.74) is 4.74. The Bertz CT molecular complexity index is 1210. The Morgan fingerprint density at radius 1 is 1.29 bits per heavy atom. The summed E-state index contributed by atoms with van der Waals surface area (Å²) in [5, 5.41) is 0. The van der Waals surface area contributed by atoms with Crippen molar-refractivity contribution in [2.24, 2.45) is 5.92 Å². The molecule has 2 N–H and O–H groups in total. The Hall–Kier alpha value is -3.23. The average Bonchev–Trinajstić information content (AvgIpc) is 2.99. The van der Waals surface area contributed by atoms with Gasteiger partial charge in [0, 0.05) is 17.8 Å². The summed E-state index contributed by atoms with van der Waals surface area (Å²) in [5.74, 6) is -1.96. The van der Waals surface area contributed by atoms with Crippen LogP contribution in [0, 0.1) is 17.6 Å². The van der Waals surface area contributed by atoms with Crippen molar-refractivity contribution in [2.75, 3.05) is 5.73 Å². The van der Waals surface area contributed by atoms with Crippen molar-refractivity contribution >= 4 is 22.8 Å². The highest BCUT2D eigenvalue weighted by molar-refractivity contribution is 5.89. The van der Waals surface area contributed by atoms with Gasteiger partial charge < -0.3 is 15.0 Å². The molecule has 0 atom stereocenters. The molecule has 0 amide bonds. The van der Waals surface area contributed by atoms with E-state index in [9.17, 15) is 18.4 Å². The van der Waals surface area contributed by atoms with Crippen LogP contribution in [0.25, 0.3) is 11.0 Å². The van der Waals surface area contributed by atoms with Crippen molar-refractivity contribution in [3.63, 3.8) is 0 Å². The SMILES string of the molecule is CC(C)Cc1c(F)c(F)cc2c1nc(Cn1cccc(N)c1=O)n2C(=O)OC(C)(C)C. The van der Waals surface area contributed by atoms with E-state index in [1.165, 1.54) is 16.8 Å². The third-order valence-corrected chi connectivity index (χ3v) is 4.56. The maximum absolute atomic E-state index is 14.6. The number of hydrogen-bond donors (Lipinski definition) is 1. The predicted molar refractivity (Wildman–Crippen MR) is 114 cm³/mol. The quantitative estimate of drug-likeness (QED) is 0.670. The first-order valence-electron chi connectivity index (χ1n) is 9.95. The van der Waals surface area contributed by atoms with Gasteiger partial charge in [0.1, 0.15) is 11.4 Å². The number of fused-ring (bicyclic) bond motifs is 1. The van der Waals surface area contributed by atoms with Gasteiger partial charge in [-0.2, -0.15) is 0 Å². The number of nitrogens with zero attached hydrogens (tertiary/aromatic N) is 3. The lowest BCUT2D eigenvalue weighted by Gasteiger charge is -2.20. The lowest BCUT2D eigenvalue weighted by atomic mass is 10.0. The fourth-order valence-corrected chi connectivity index (χ4v) is 3.31. The monoisotopic (exact) mass is 432 g/mol. The maximum Gasteiger partial charge on any atom is 0.420 e. The molecule has 0 bridgehead atoms. The van der Waals surface area contributed by atoms with Crippen LogP contribution in [-0.2, 0) is 17.7 Å². The van der Waals surface area contributed by atoms with E-state index in [-0.39, 0.29) is 47.0 Å².